The summed E-state index contributed by atoms with van der Waals surface area (Å²) in [6, 6.07) is 9.41. The average Bonchev–Trinajstić information content (AvgIpc) is 2.64. The van der Waals surface area contributed by atoms with Gasteiger partial charge in [-0.1, -0.05) is 25.1 Å². The molecule has 1 aromatic rings. The Bertz CT molecular complexity index is 384. The fourth-order valence-electron chi connectivity index (χ4n) is 2.94. The second kappa shape index (κ2) is 4.69. The Kier molecular flexibility index (Phi) is 3.43. The number of nitrogens with one attached hydrogen (secondary N) is 1. The summed E-state index contributed by atoms with van der Waals surface area (Å²) >= 11 is 0. The van der Waals surface area contributed by atoms with Crippen LogP contribution in [0, 0.1) is 0 Å². The van der Waals surface area contributed by atoms with Crippen molar-refractivity contribution in [3.8, 4) is 0 Å². The number of rotatable bonds is 3. The van der Waals surface area contributed by atoms with E-state index in [4.69, 9.17) is 0 Å². The maximum Gasteiger partial charge on any atom is 0.0403 e. The monoisotopic (exact) mass is 232 g/mol. The molecule has 1 unspecified atom stereocenters. The summed E-state index contributed by atoms with van der Waals surface area (Å²) in [6.45, 7) is 8.03. The number of hydrogen-bond donors (Lipinski definition) is 1. The Labute approximate surface area is 105 Å². The Morgan fingerprint density at radius 2 is 2.06 bits per heavy atom. The Hall–Kier alpha value is -1.02. The molecule has 1 aliphatic rings. The summed E-state index contributed by atoms with van der Waals surface area (Å²) in [7, 11) is 2.07. The van der Waals surface area contributed by atoms with Gasteiger partial charge in [-0.15, -0.1) is 0 Å². The first-order valence-corrected chi connectivity index (χ1v) is 6.61. The number of aryl methyl sites for hydroxylation is 1. The smallest absolute Gasteiger partial charge is 0.0403 e. The van der Waals surface area contributed by atoms with E-state index in [1.807, 2.05) is 0 Å². The van der Waals surface area contributed by atoms with E-state index in [9.17, 15) is 0 Å². The molecule has 0 aromatic heterocycles. The lowest BCUT2D eigenvalue weighted by atomic mass is 9.99. The van der Waals surface area contributed by atoms with Crippen molar-refractivity contribution in [2.24, 2.45) is 0 Å². The van der Waals surface area contributed by atoms with Crippen LogP contribution in [0.5, 0.6) is 0 Å². The Balaban J connectivity index is 2.33. The van der Waals surface area contributed by atoms with E-state index in [0.717, 1.165) is 13.0 Å². The van der Waals surface area contributed by atoms with Gasteiger partial charge in [0.15, 0.2) is 0 Å². The van der Waals surface area contributed by atoms with Crippen LogP contribution in [0.1, 0.15) is 32.8 Å². The average molecular weight is 232 g/mol. The molecule has 0 amide bonds. The highest BCUT2D eigenvalue weighted by Gasteiger charge is 2.38. The Morgan fingerprint density at radius 3 is 2.65 bits per heavy atom. The quantitative estimate of drug-likeness (QED) is 0.862. The highest BCUT2D eigenvalue weighted by molar-refractivity contribution is 5.57. The number of benzene rings is 1. The van der Waals surface area contributed by atoms with Crippen LogP contribution in [0.15, 0.2) is 24.3 Å². The summed E-state index contributed by atoms with van der Waals surface area (Å²) in [4.78, 5) is 2.56. The summed E-state index contributed by atoms with van der Waals surface area (Å²) in [5.74, 6) is 0. The predicted octanol–water partition coefficient (Wildman–Crippen LogP) is 2.83. The molecule has 1 saturated heterocycles. The van der Waals surface area contributed by atoms with Crippen LogP contribution in [-0.4, -0.2) is 25.2 Å². The predicted molar refractivity (Wildman–Crippen MR) is 74.7 cm³/mol. The molecule has 1 fully saturated rings. The lowest BCUT2D eigenvalue weighted by Crippen LogP contribution is -2.38. The first-order chi connectivity index (χ1) is 8.08. The fourth-order valence-corrected chi connectivity index (χ4v) is 2.94. The van der Waals surface area contributed by atoms with E-state index in [1.165, 1.54) is 17.7 Å². The number of hydrogen-bond acceptors (Lipinski definition) is 2. The Morgan fingerprint density at radius 1 is 1.35 bits per heavy atom. The van der Waals surface area contributed by atoms with Crippen LogP contribution in [0.4, 0.5) is 5.69 Å². The molecule has 0 spiro atoms. The molecule has 1 aliphatic heterocycles. The summed E-state index contributed by atoms with van der Waals surface area (Å²) in [5, 5.41) is 3.42. The van der Waals surface area contributed by atoms with Crippen LogP contribution in [0.2, 0.25) is 0 Å². The lowest BCUT2D eigenvalue weighted by Gasteiger charge is -2.34. The molecule has 0 bridgehead atoms. The fraction of sp³-hybridized carbons (Fsp3) is 0.600. The van der Waals surface area contributed by atoms with Crippen molar-refractivity contribution < 1.29 is 0 Å². The van der Waals surface area contributed by atoms with E-state index in [-0.39, 0.29) is 5.54 Å². The normalized spacial score (nSPS) is 23.1. The maximum atomic E-state index is 3.42. The summed E-state index contributed by atoms with van der Waals surface area (Å²) in [5.41, 5.74) is 3.12. The second-order valence-electron chi connectivity index (χ2n) is 5.60. The van der Waals surface area contributed by atoms with Gasteiger partial charge in [0.1, 0.15) is 0 Å². The van der Waals surface area contributed by atoms with E-state index >= 15 is 0 Å². The molecule has 17 heavy (non-hydrogen) atoms. The van der Waals surface area contributed by atoms with Crippen molar-refractivity contribution in [2.75, 3.05) is 18.5 Å². The molecule has 1 atom stereocenters. The van der Waals surface area contributed by atoms with Gasteiger partial charge in [-0.3, -0.25) is 0 Å². The number of nitrogens with zero attached hydrogens (tertiary/aromatic N) is 1. The molecule has 2 heteroatoms. The second-order valence-corrected chi connectivity index (χ2v) is 5.60. The van der Waals surface area contributed by atoms with Crippen molar-refractivity contribution in [2.45, 2.75) is 45.2 Å². The van der Waals surface area contributed by atoms with Crippen molar-refractivity contribution in [3.63, 3.8) is 0 Å². The summed E-state index contributed by atoms with van der Waals surface area (Å²) < 4.78 is 0. The number of likely N-dealkylation sites (N-methyl/N-ethyl adjacent to an activating group) is 1. The van der Waals surface area contributed by atoms with Crippen LogP contribution < -0.4 is 10.2 Å². The minimum Gasteiger partial charge on any atom is -0.365 e. The lowest BCUT2D eigenvalue weighted by molar-refractivity contribution is 0.486. The van der Waals surface area contributed by atoms with Crippen LogP contribution in [-0.2, 0) is 6.42 Å². The standard InChI is InChI=1S/C15H24N2/c1-5-12-8-6-7-9-14(12)17-11-13(16-4)10-15(17,2)3/h6-9,13,16H,5,10-11H2,1-4H3. The minimum absolute atomic E-state index is 0.249. The highest BCUT2D eigenvalue weighted by Crippen LogP contribution is 2.35. The SMILES string of the molecule is CCc1ccccc1N1CC(NC)CC1(C)C. The number of para-hydroxylation sites is 1. The maximum absolute atomic E-state index is 3.42. The third-order valence-electron chi connectivity index (χ3n) is 3.95. The highest BCUT2D eigenvalue weighted by atomic mass is 15.2. The molecule has 2 rings (SSSR count). The molecule has 1 aromatic carbocycles. The zero-order valence-corrected chi connectivity index (χ0v) is 11.5. The molecular formula is C15H24N2. The van der Waals surface area contributed by atoms with E-state index in [2.05, 4.69) is 62.3 Å². The van der Waals surface area contributed by atoms with Crippen molar-refractivity contribution >= 4 is 5.69 Å². The molecule has 0 radical (unpaired) electrons. The van der Waals surface area contributed by atoms with Gasteiger partial charge in [-0.05, 0) is 45.4 Å². The third kappa shape index (κ3) is 2.32. The van der Waals surface area contributed by atoms with Gasteiger partial charge in [-0.25, -0.2) is 0 Å². The van der Waals surface area contributed by atoms with Crippen molar-refractivity contribution in [1.29, 1.82) is 0 Å². The van der Waals surface area contributed by atoms with Crippen molar-refractivity contribution in [3.05, 3.63) is 29.8 Å². The molecule has 94 valence electrons. The van der Waals surface area contributed by atoms with Gasteiger partial charge in [0.05, 0.1) is 0 Å². The molecule has 1 heterocycles. The molecule has 1 N–H and O–H groups in total. The molecule has 0 aliphatic carbocycles. The van der Waals surface area contributed by atoms with Gasteiger partial charge >= 0.3 is 0 Å². The van der Waals surface area contributed by atoms with Gasteiger partial charge in [0.25, 0.3) is 0 Å². The van der Waals surface area contributed by atoms with Gasteiger partial charge in [0, 0.05) is 23.8 Å². The molecule has 2 nitrogen and oxygen atoms in total. The van der Waals surface area contributed by atoms with Crippen LogP contribution in [0.25, 0.3) is 0 Å². The van der Waals surface area contributed by atoms with Gasteiger partial charge < -0.3 is 10.2 Å². The largest absolute Gasteiger partial charge is 0.365 e. The topological polar surface area (TPSA) is 15.3 Å². The zero-order valence-electron chi connectivity index (χ0n) is 11.5. The van der Waals surface area contributed by atoms with E-state index in [0.29, 0.717) is 6.04 Å². The minimum atomic E-state index is 0.249. The van der Waals surface area contributed by atoms with Gasteiger partial charge in [-0.2, -0.15) is 0 Å². The molecule has 0 saturated carbocycles. The number of anilines is 1. The first kappa shape index (κ1) is 12.4. The van der Waals surface area contributed by atoms with Crippen LogP contribution in [0.3, 0.4) is 0 Å². The zero-order chi connectivity index (χ0) is 12.5. The van der Waals surface area contributed by atoms with Crippen LogP contribution >= 0.6 is 0 Å². The third-order valence-corrected chi connectivity index (χ3v) is 3.95. The van der Waals surface area contributed by atoms with E-state index < -0.39 is 0 Å². The summed E-state index contributed by atoms with van der Waals surface area (Å²) in [6.07, 6.45) is 2.31. The van der Waals surface area contributed by atoms with E-state index in [1.54, 1.807) is 0 Å². The first-order valence-electron chi connectivity index (χ1n) is 6.61. The van der Waals surface area contributed by atoms with Gasteiger partial charge in [0.2, 0.25) is 0 Å². The van der Waals surface area contributed by atoms with Crippen molar-refractivity contribution in [1.82, 2.24) is 5.32 Å². The molecular weight excluding hydrogens is 208 g/mol.